The molecule has 1 N–H and O–H groups in total. The molecule has 0 atom stereocenters. The van der Waals surface area contributed by atoms with Gasteiger partial charge in [0.05, 0.1) is 0 Å². The normalized spacial score (nSPS) is 14.5. The van der Waals surface area contributed by atoms with E-state index in [0.29, 0.717) is 0 Å². The van der Waals surface area contributed by atoms with Crippen LogP contribution in [-0.4, -0.2) is 6.04 Å². The Morgan fingerprint density at radius 1 is 1.15 bits per heavy atom. The fourth-order valence-corrected chi connectivity index (χ4v) is 3.56. The Balaban J connectivity index is 1.71. The van der Waals surface area contributed by atoms with Gasteiger partial charge in [-0.1, -0.05) is 36.0 Å². The summed E-state index contributed by atoms with van der Waals surface area (Å²) >= 11 is 5.43. The third-order valence-electron chi connectivity index (χ3n) is 3.47. The minimum Gasteiger partial charge on any atom is -0.310 e. The van der Waals surface area contributed by atoms with Gasteiger partial charge in [-0.3, -0.25) is 0 Å². The Morgan fingerprint density at radius 3 is 2.65 bits per heavy atom. The molecule has 1 fully saturated rings. The van der Waals surface area contributed by atoms with Gasteiger partial charge in [0.25, 0.3) is 0 Å². The summed E-state index contributed by atoms with van der Waals surface area (Å²) in [4.78, 5) is 2.59. The topological polar surface area (TPSA) is 12.0 Å². The summed E-state index contributed by atoms with van der Waals surface area (Å²) < 4.78 is 1.16. The van der Waals surface area contributed by atoms with Crippen molar-refractivity contribution in [3.8, 4) is 0 Å². The second-order valence-electron chi connectivity index (χ2n) is 5.29. The van der Waals surface area contributed by atoms with Crippen molar-refractivity contribution in [2.24, 2.45) is 0 Å². The summed E-state index contributed by atoms with van der Waals surface area (Å²) in [5.41, 5.74) is 2.73. The van der Waals surface area contributed by atoms with E-state index in [-0.39, 0.29) is 0 Å². The molecular formula is C17H18BrNS. The quantitative estimate of drug-likeness (QED) is 0.801. The number of halogens is 1. The zero-order valence-electron chi connectivity index (χ0n) is 11.5. The number of nitrogens with one attached hydrogen (secondary N) is 1. The van der Waals surface area contributed by atoms with Gasteiger partial charge in [0, 0.05) is 26.9 Å². The largest absolute Gasteiger partial charge is 0.310 e. The third-order valence-corrected chi connectivity index (χ3v) is 5.68. The van der Waals surface area contributed by atoms with E-state index in [1.165, 1.54) is 33.8 Å². The Labute approximate surface area is 133 Å². The minimum atomic E-state index is 0.768. The molecule has 2 aromatic carbocycles. The van der Waals surface area contributed by atoms with Crippen LogP contribution in [0.3, 0.4) is 0 Å². The number of aryl methyl sites for hydroxylation is 1. The van der Waals surface area contributed by atoms with Crippen LogP contribution in [-0.2, 0) is 6.54 Å². The van der Waals surface area contributed by atoms with E-state index < -0.39 is 0 Å². The molecule has 2 aromatic rings. The minimum absolute atomic E-state index is 0.768. The molecule has 0 aliphatic heterocycles. The van der Waals surface area contributed by atoms with Crippen LogP contribution in [0.15, 0.2) is 56.7 Å². The molecule has 0 bridgehead atoms. The van der Waals surface area contributed by atoms with Gasteiger partial charge in [-0.25, -0.2) is 0 Å². The zero-order chi connectivity index (χ0) is 13.9. The summed E-state index contributed by atoms with van der Waals surface area (Å²) in [6.45, 7) is 3.19. The van der Waals surface area contributed by atoms with E-state index >= 15 is 0 Å². The van der Waals surface area contributed by atoms with Crippen molar-refractivity contribution in [3.05, 3.63) is 58.1 Å². The molecule has 3 heteroatoms. The SMILES string of the molecule is Cc1cc(CNC2CC2)ccc1Sc1ccccc1Br. The van der Waals surface area contributed by atoms with Crippen LogP contribution in [0.2, 0.25) is 0 Å². The molecule has 1 aliphatic rings. The lowest BCUT2D eigenvalue weighted by Crippen LogP contribution is -2.15. The lowest BCUT2D eigenvalue weighted by Gasteiger charge is -2.10. The summed E-state index contributed by atoms with van der Waals surface area (Å²) in [7, 11) is 0. The third kappa shape index (κ3) is 3.66. The average Bonchev–Trinajstić information content (AvgIpc) is 3.26. The van der Waals surface area contributed by atoms with Crippen LogP contribution >= 0.6 is 27.7 Å². The second kappa shape index (κ2) is 6.33. The first-order valence-electron chi connectivity index (χ1n) is 6.97. The van der Waals surface area contributed by atoms with Gasteiger partial charge >= 0.3 is 0 Å². The Morgan fingerprint density at radius 2 is 1.95 bits per heavy atom. The van der Waals surface area contributed by atoms with Gasteiger partial charge in [0.15, 0.2) is 0 Å². The smallest absolute Gasteiger partial charge is 0.0314 e. The van der Waals surface area contributed by atoms with Crippen molar-refractivity contribution in [2.45, 2.75) is 42.1 Å². The highest BCUT2D eigenvalue weighted by Crippen LogP contribution is 2.35. The highest BCUT2D eigenvalue weighted by Gasteiger charge is 2.19. The fraction of sp³-hybridized carbons (Fsp3) is 0.294. The molecule has 1 nitrogen and oxygen atoms in total. The van der Waals surface area contributed by atoms with Gasteiger partial charge in [-0.2, -0.15) is 0 Å². The van der Waals surface area contributed by atoms with Crippen molar-refractivity contribution in [2.75, 3.05) is 0 Å². The number of rotatable bonds is 5. The number of hydrogen-bond acceptors (Lipinski definition) is 2. The zero-order valence-corrected chi connectivity index (χ0v) is 13.9. The van der Waals surface area contributed by atoms with Gasteiger partial charge < -0.3 is 5.32 Å². The molecule has 1 aliphatic carbocycles. The van der Waals surface area contributed by atoms with E-state index in [2.05, 4.69) is 64.6 Å². The molecule has 104 valence electrons. The van der Waals surface area contributed by atoms with Gasteiger partial charge in [0.1, 0.15) is 0 Å². The first kappa shape index (κ1) is 14.2. The van der Waals surface area contributed by atoms with Crippen LogP contribution in [0.25, 0.3) is 0 Å². The second-order valence-corrected chi connectivity index (χ2v) is 7.23. The van der Waals surface area contributed by atoms with Crippen molar-refractivity contribution in [1.82, 2.24) is 5.32 Å². The van der Waals surface area contributed by atoms with Crippen LogP contribution < -0.4 is 5.32 Å². The molecule has 0 heterocycles. The molecule has 0 saturated heterocycles. The monoisotopic (exact) mass is 347 g/mol. The lowest BCUT2D eigenvalue weighted by molar-refractivity contribution is 0.687. The highest BCUT2D eigenvalue weighted by molar-refractivity contribution is 9.10. The Kier molecular flexibility index (Phi) is 4.49. The molecule has 1 saturated carbocycles. The van der Waals surface area contributed by atoms with E-state index in [4.69, 9.17) is 0 Å². The molecular weight excluding hydrogens is 330 g/mol. The van der Waals surface area contributed by atoms with Crippen LogP contribution in [0.5, 0.6) is 0 Å². The predicted molar refractivity (Wildman–Crippen MR) is 89.3 cm³/mol. The average molecular weight is 348 g/mol. The highest BCUT2D eigenvalue weighted by atomic mass is 79.9. The summed E-state index contributed by atoms with van der Waals surface area (Å²) in [6.07, 6.45) is 2.68. The van der Waals surface area contributed by atoms with Crippen molar-refractivity contribution in [3.63, 3.8) is 0 Å². The molecule has 3 rings (SSSR count). The summed E-state index contributed by atoms with van der Waals surface area (Å²) in [5.74, 6) is 0. The van der Waals surface area contributed by atoms with Gasteiger partial charge in [-0.05, 0) is 65.0 Å². The first-order chi connectivity index (χ1) is 9.72. The van der Waals surface area contributed by atoms with Gasteiger partial charge in [0.2, 0.25) is 0 Å². The maximum Gasteiger partial charge on any atom is 0.0314 e. The van der Waals surface area contributed by atoms with Crippen LogP contribution in [0, 0.1) is 6.92 Å². The van der Waals surface area contributed by atoms with E-state index in [0.717, 1.165) is 17.1 Å². The lowest BCUT2D eigenvalue weighted by atomic mass is 10.1. The van der Waals surface area contributed by atoms with E-state index in [1.54, 1.807) is 0 Å². The summed E-state index contributed by atoms with van der Waals surface area (Å²) in [5, 5.41) is 3.56. The van der Waals surface area contributed by atoms with E-state index in [9.17, 15) is 0 Å². The van der Waals surface area contributed by atoms with Crippen LogP contribution in [0.4, 0.5) is 0 Å². The van der Waals surface area contributed by atoms with Gasteiger partial charge in [-0.15, -0.1) is 0 Å². The fourth-order valence-electron chi connectivity index (χ4n) is 2.13. The maximum absolute atomic E-state index is 3.61. The standard InChI is InChI=1S/C17H18BrNS/c1-12-10-13(11-19-14-7-8-14)6-9-16(12)20-17-5-3-2-4-15(17)18/h2-6,9-10,14,19H,7-8,11H2,1H3. The Hall–Kier alpha value is -0.770. The molecule has 0 unspecified atom stereocenters. The molecule has 0 amide bonds. The molecule has 0 spiro atoms. The molecule has 20 heavy (non-hydrogen) atoms. The predicted octanol–water partition coefficient (Wildman–Crippen LogP) is 5.16. The Bertz CT molecular complexity index is 608. The van der Waals surface area contributed by atoms with Crippen molar-refractivity contribution in [1.29, 1.82) is 0 Å². The first-order valence-corrected chi connectivity index (χ1v) is 8.58. The van der Waals surface area contributed by atoms with E-state index in [1.807, 2.05) is 17.8 Å². The van der Waals surface area contributed by atoms with Crippen molar-refractivity contribution < 1.29 is 0 Å². The van der Waals surface area contributed by atoms with Crippen molar-refractivity contribution >= 4 is 27.7 Å². The molecule has 0 radical (unpaired) electrons. The van der Waals surface area contributed by atoms with Crippen LogP contribution in [0.1, 0.15) is 24.0 Å². The summed E-state index contributed by atoms with van der Waals surface area (Å²) in [6, 6.07) is 15.9. The molecule has 0 aromatic heterocycles. The maximum atomic E-state index is 3.61. The number of benzene rings is 2. The number of hydrogen-bond donors (Lipinski definition) is 1.